The molecule has 0 aromatic heterocycles. The average molecular weight is 217 g/mol. The van der Waals surface area contributed by atoms with E-state index in [2.05, 4.69) is 39.2 Å². The molecule has 1 fully saturated rings. The first-order valence-electron chi connectivity index (χ1n) is 5.31. The second kappa shape index (κ2) is 3.93. The molecule has 1 rings (SSSR count). The summed E-state index contributed by atoms with van der Waals surface area (Å²) in [6, 6.07) is 0. The van der Waals surface area contributed by atoms with Crippen LogP contribution in [0.3, 0.4) is 0 Å². The van der Waals surface area contributed by atoms with Gasteiger partial charge in [0.05, 0.1) is 6.10 Å². The quantitative estimate of drug-likeness (QED) is 0.692. The molecular weight excluding hydrogens is 194 g/mol. The van der Waals surface area contributed by atoms with E-state index in [-0.39, 0.29) is 17.4 Å². The molecule has 2 atom stereocenters. The highest BCUT2D eigenvalue weighted by molar-refractivity contribution is 6.74. The zero-order valence-electron chi connectivity index (χ0n) is 9.92. The standard InChI is InChI=1S/C10H23NO2Si/c1-10(2,3)14(4,5)13-8-6-9(12)11-7-8/h8-9,11-12H,6-7H2,1-5H3. The van der Waals surface area contributed by atoms with Crippen molar-refractivity contribution in [3.05, 3.63) is 0 Å². The van der Waals surface area contributed by atoms with Crippen molar-refractivity contribution >= 4 is 8.32 Å². The van der Waals surface area contributed by atoms with Gasteiger partial charge in [-0.25, -0.2) is 0 Å². The zero-order valence-corrected chi connectivity index (χ0v) is 10.9. The van der Waals surface area contributed by atoms with Gasteiger partial charge >= 0.3 is 0 Å². The second-order valence-corrected chi connectivity index (χ2v) is 10.4. The van der Waals surface area contributed by atoms with Gasteiger partial charge in [0.25, 0.3) is 0 Å². The maximum atomic E-state index is 9.32. The van der Waals surface area contributed by atoms with E-state index in [0.717, 1.165) is 13.0 Å². The molecule has 2 unspecified atom stereocenters. The summed E-state index contributed by atoms with van der Waals surface area (Å²) in [6.45, 7) is 12.0. The van der Waals surface area contributed by atoms with Crippen LogP contribution >= 0.6 is 0 Å². The Morgan fingerprint density at radius 1 is 1.36 bits per heavy atom. The number of aliphatic hydroxyl groups excluding tert-OH is 1. The molecule has 1 aliphatic heterocycles. The van der Waals surface area contributed by atoms with Crippen LogP contribution in [-0.2, 0) is 4.43 Å². The average Bonchev–Trinajstić information content (AvgIpc) is 2.31. The molecule has 4 heteroatoms. The van der Waals surface area contributed by atoms with Gasteiger partial charge in [0.15, 0.2) is 8.32 Å². The molecule has 1 saturated heterocycles. The lowest BCUT2D eigenvalue weighted by atomic mass is 10.2. The van der Waals surface area contributed by atoms with Crippen molar-refractivity contribution in [3.8, 4) is 0 Å². The van der Waals surface area contributed by atoms with Gasteiger partial charge < -0.3 is 9.53 Å². The molecule has 14 heavy (non-hydrogen) atoms. The first kappa shape index (κ1) is 12.2. The van der Waals surface area contributed by atoms with E-state index < -0.39 is 8.32 Å². The predicted octanol–water partition coefficient (Wildman–Crippen LogP) is 1.69. The Bertz CT molecular complexity index is 201. The summed E-state index contributed by atoms with van der Waals surface area (Å²) in [4.78, 5) is 0. The monoisotopic (exact) mass is 217 g/mol. The van der Waals surface area contributed by atoms with Crippen LogP contribution in [0, 0.1) is 0 Å². The Labute approximate surface area is 88.0 Å². The van der Waals surface area contributed by atoms with Gasteiger partial charge in [-0.2, -0.15) is 0 Å². The summed E-state index contributed by atoms with van der Waals surface area (Å²) >= 11 is 0. The van der Waals surface area contributed by atoms with Crippen LogP contribution in [0.5, 0.6) is 0 Å². The van der Waals surface area contributed by atoms with Crippen molar-refractivity contribution < 1.29 is 9.53 Å². The topological polar surface area (TPSA) is 41.5 Å². The van der Waals surface area contributed by atoms with Gasteiger partial charge in [0.2, 0.25) is 0 Å². The number of nitrogens with one attached hydrogen (secondary N) is 1. The van der Waals surface area contributed by atoms with Crippen LogP contribution in [0.4, 0.5) is 0 Å². The van der Waals surface area contributed by atoms with Gasteiger partial charge in [-0.05, 0) is 18.1 Å². The molecule has 0 saturated carbocycles. The Morgan fingerprint density at radius 2 is 1.93 bits per heavy atom. The van der Waals surface area contributed by atoms with Gasteiger partial charge in [0, 0.05) is 13.0 Å². The molecule has 0 aromatic carbocycles. The minimum Gasteiger partial charge on any atom is -0.412 e. The maximum Gasteiger partial charge on any atom is 0.192 e. The van der Waals surface area contributed by atoms with E-state index in [1.807, 2.05) is 0 Å². The van der Waals surface area contributed by atoms with Crippen LogP contribution in [0.1, 0.15) is 27.2 Å². The molecule has 0 amide bonds. The van der Waals surface area contributed by atoms with Gasteiger partial charge in [-0.15, -0.1) is 0 Å². The van der Waals surface area contributed by atoms with Crippen LogP contribution in [-0.4, -0.2) is 32.3 Å². The fraction of sp³-hybridized carbons (Fsp3) is 1.00. The summed E-state index contributed by atoms with van der Waals surface area (Å²) in [5, 5.41) is 12.6. The van der Waals surface area contributed by atoms with Crippen molar-refractivity contribution in [1.82, 2.24) is 5.32 Å². The second-order valence-electron chi connectivity index (χ2n) is 5.66. The van der Waals surface area contributed by atoms with Crippen LogP contribution < -0.4 is 5.32 Å². The molecule has 0 bridgehead atoms. The molecular formula is C10H23NO2Si. The molecule has 84 valence electrons. The lowest BCUT2D eigenvalue weighted by Gasteiger charge is -2.38. The van der Waals surface area contributed by atoms with E-state index >= 15 is 0 Å². The third-order valence-electron chi connectivity index (χ3n) is 3.33. The van der Waals surface area contributed by atoms with Gasteiger partial charge in [0.1, 0.15) is 6.23 Å². The highest BCUT2D eigenvalue weighted by Crippen LogP contribution is 2.37. The van der Waals surface area contributed by atoms with Crippen molar-refractivity contribution in [2.45, 2.75) is 57.7 Å². The minimum absolute atomic E-state index is 0.200. The molecule has 1 heterocycles. The normalized spacial score (nSPS) is 29.6. The SMILES string of the molecule is CC(C)(C)[Si](C)(C)OC1CNC(O)C1. The highest BCUT2D eigenvalue weighted by atomic mass is 28.4. The minimum atomic E-state index is -1.65. The van der Waals surface area contributed by atoms with Crippen molar-refractivity contribution in [2.24, 2.45) is 0 Å². The largest absolute Gasteiger partial charge is 0.412 e. The maximum absolute atomic E-state index is 9.32. The van der Waals surface area contributed by atoms with E-state index in [1.54, 1.807) is 0 Å². The van der Waals surface area contributed by atoms with Crippen LogP contribution in [0.2, 0.25) is 18.1 Å². The fourth-order valence-electron chi connectivity index (χ4n) is 1.37. The summed E-state index contributed by atoms with van der Waals surface area (Å²) in [6.07, 6.45) is 0.558. The van der Waals surface area contributed by atoms with Gasteiger partial charge in [-0.3, -0.25) is 5.32 Å². The number of rotatable bonds is 2. The van der Waals surface area contributed by atoms with Crippen molar-refractivity contribution in [3.63, 3.8) is 0 Å². The first-order valence-corrected chi connectivity index (χ1v) is 8.22. The molecule has 1 aliphatic rings. The number of hydrogen-bond donors (Lipinski definition) is 2. The molecule has 0 aromatic rings. The molecule has 0 aliphatic carbocycles. The third kappa shape index (κ3) is 2.79. The number of aliphatic hydroxyl groups is 1. The van der Waals surface area contributed by atoms with E-state index in [4.69, 9.17) is 4.43 Å². The van der Waals surface area contributed by atoms with Gasteiger partial charge in [-0.1, -0.05) is 20.8 Å². The van der Waals surface area contributed by atoms with Crippen LogP contribution in [0.25, 0.3) is 0 Å². The van der Waals surface area contributed by atoms with Crippen molar-refractivity contribution in [2.75, 3.05) is 6.54 Å². The Hall–Kier alpha value is 0.0969. The highest BCUT2D eigenvalue weighted by Gasteiger charge is 2.40. The molecule has 3 nitrogen and oxygen atoms in total. The number of hydrogen-bond acceptors (Lipinski definition) is 3. The zero-order chi connectivity index (χ0) is 11.0. The fourth-order valence-corrected chi connectivity index (χ4v) is 2.73. The lowest BCUT2D eigenvalue weighted by molar-refractivity contribution is 0.134. The van der Waals surface area contributed by atoms with E-state index in [0.29, 0.717) is 0 Å². The Kier molecular flexibility index (Phi) is 3.41. The summed E-state index contributed by atoms with van der Waals surface area (Å²) in [7, 11) is -1.65. The molecule has 0 radical (unpaired) electrons. The van der Waals surface area contributed by atoms with Crippen LogP contribution in [0.15, 0.2) is 0 Å². The smallest absolute Gasteiger partial charge is 0.192 e. The lowest BCUT2D eigenvalue weighted by Crippen LogP contribution is -2.44. The third-order valence-corrected chi connectivity index (χ3v) is 7.87. The molecule has 2 N–H and O–H groups in total. The Balaban J connectivity index is 2.51. The summed E-state index contributed by atoms with van der Waals surface area (Å²) < 4.78 is 6.15. The van der Waals surface area contributed by atoms with Crippen molar-refractivity contribution in [1.29, 1.82) is 0 Å². The Morgan fingerprint density at radius 3 is 2.29 bits per heavy atom. The predicted molar refractivity (Wildman–Crippen MR) is 60.7 cm³/mol. The summed E-state index contributed by atoms with van der Waals surface area (Å²) in [5.41, 5.74) is 0. The van der Waals surface area contributed by atoms with E-state index in [9.17, 15) is 5.11 Å². The van der Waals surface area contributed by atoms with E-state index in [1.165, 1.54) is 0 Å². The molecule has 0 spiro atoms. The first-order chi connectivity index (χ1) is 6.22. The summed E-state index contributed by atoms with van der Waals surface area (Å²) in [5.74, 6) is 0.